The molecule has 9 nitrogen and oxygen atoms in total. The summed E-state index contributed by atoms with van der Waals surface area (Å²) >= 11 is 0. The largest absolute Gasteiger partial charge is 0.493 e. The topological polar surface area (TPSA) is 115 Å². The monoisotopic (exact) mass is 448 g/mol. The standard InChI is InChI=1S/C24H24N4O5/c1-3-31-19-11-7-5-9-17(19)15-25-27-23(29)21-13-14-22(33-21)24(30)28-26-16-18-10-6-8-12-20(18)32-4-2/h5-16H,3-4H2,1-2H3,(H,27,29)(H,28,30)/b25-15+,26-16+. The van der Waals surface area contributed by atoms with Crippen molar-refractivity contribution >= 4 is 24.2 Å². The summed E-state index contributed by atoms with van der Waals surface area (Å²) in [5.41, 5.74) is 6.14. The van der Waals surface area contributed by atoms with Crippen LogP contribution in [0.5, 0.6) is 11.5 Å². The Morgan fingerprint density at radius 3 is 1.61 bits per heavy atom. The minimum absolute atomic E-state index is 0.0685. The number of benzene rings is 2. The molecule has 0 radical (unpaired) electrons. The summed E-state index contributed by atoms with van der Waals surface area (Å²) in [5.74, 6) is -0.0393. The van der Waals surface area contributed by atoms with E-state index >= 15 is 0 Å². The first-order valence-electron chi connectivity index (χ1n) is 10.3. The third kappa shape index (κ3) is 6.54. The number of hydrogen-bond acceptors (Lipinski definition) is 7. The third-order valence-corrected chi connectivity index (χ3v) is 4.23. The van der Waals surface area contributed by atoms with Crippen molar-refractivity contribution < 1.29 is 23.5 Å². The van der Waals surface area contributed by atoms with Crippen molar-refractivity contribution in [3.63, 3.8) is 0 Å². The minimum Gasteiger partial charge on any atom is -0.493 e. The van der Waals surface area contributed by atoms with Crippen LogP contribution in [0, 0.1) is 0 Å². The quantitative estimate of drug-likeness (QED) is 0.363. The van der Waals surface area contributed by atoms with E-state index in [0.29, 0.717) is 35.8 Å². The van der Waals surface area contributed by atoms with E-state index in [-0.39, 0.29) is 11.5 Å². The number of hydrazone groups is 2. The number of para-hydroxylation sites is 2. The zero-order chi connectivity index (χ0) is 23.5. The van der Waals surface area contributed by atoms with Crippen molar-refractivity contribution in [1.29, 1.82) is 0 Å². The molecule has 0 saturated carbocycles. The number of rotatable bonds is 10. The van der Waals surface area contributed by atoms with Crippen LogP contribution >= 0.6 is 0 Å². The molecule has 170 valence electrons. The summed E-state index contributed by atoms with van der Waals surface area (Å²) in [6.45, 7) is 4.78. The Labute approximate surface area is 191 Å². The summed E-state index contributed by atoms with van der Waals surface area (Å²) in [6, 6.07) is 17.3. The molecule has 2 N–H and O–H groups in total. The third-order valence-electron chi connectivity index (χ3n) is 4.23. The van der Waals surface area contributed by atoms with E-state index in [1.54, 1.807) is 0 Å². The van der Waals surface area contributed by atoms with Crippen molar-refractivity contribution in [2.24, 2.45) is 10.2 Å². The molecule has 2 amide bonds. The fourth-order valence-electron chi connectivity index (χ4n) is 2.76. The lowest BCUT2D eigenvalue weighted by Gasteiger charge is -2.05. The molecule has 0 bridgehead atoms. The van der Waals surface area contributed by atoms with Gasteiger partial charge in [-0.05, 0) is 50.2 Å². The summed E-state index contributed by atoms with van der Waals surface area (Å²) in [4.78, 5) is 24.5. The predicted octanol–water partition coefficient (Wildman–Crippen LogP) is 3.60. The van der Waals surface area contributed by atoms with Gasteiger partial charge >= 0.3 is 11.8 Å². The number of hydrogen-bond donors (Lipinski definition) is 2. The summed E-state index contributed by atoms with van der Waals surface area (Å²) in [7, 11) is 0. The van der Waals surface area contributed by atoms with E-state index in [1.807, 2.05) is 62.4 Å². The van der Waals surface area contributed by atoms with Crippen LogP contribution < -0.4 is 20.3 Å². The Morgan fingerprint density at radius 1 is 0.758 bits per heavy atom. The first-order valence-corrected chi connectivity index (χ1v) is 10.3. The molecular formula is C24H24N4O5. The van der Waals surface area contributed by atoms with Crippen molar-refractivity contribution in [3.05, 3.63) is 83.3 Å². The number of furan rings is 1. The van der Waals surface area contributed by atoms with Gasteiger partial charge in [-0.1, -0.05) is 24.3 Å². The normalized spacial score (nSPS) is 11.0. The second-order valence-corrected chi connectivity index (χ2v) is 6.50. The van der Waals surface area contributed by atoms with Crippen LogP contribution in [-0.4, -0.2) is 37.5 Å². The molecule has 1 heterocycles. The van der Waals surface area contributed by atoms with Crippen molar-refractivity contribution in [1.82, 2.24) is 10.9 Å². The molecule has 0 aliphatic rings. The Hall–Kier alpha value is -4.40. The number of nitrogens with zero attached hydrogens (tertiary/aromatic N) is 2. The van der Waals surface area contributed by atoms with Gasteiger partial charge in [0.25, 0.3) is 0 Å². The average Bonchev–Trinajstić information content (AvgIpc) is 3.32. The van der Waals surface area contributed by atoms with Gasteiger partial charge in [0.2, 0.25) is 0 Å². The molecule has 1 aromatic heterocycles. The number of carbonyl (C=O) groups excluding carboxylic acids is 2. The smallest absolute Gasteiger partial charge is 0.307 e. The maximum Gasteiger partial charge on any atom is 0.307 e. The van der Waals surface area contributed by atoms with Crippen LogP contribution in [-0.2, 0) is 0 Å². The van der Waals surface area contributed by atoms with Gasteiger partial charge in [0.15, 0.2) is 11.5 Å². The minimum atomic E-state index is -0.603. The lowest BCUT2D eigenvalue weighted by molar-refractivity contribution is 0.0902. The van der Waals surface area contributed by atoms with Gasteiger partial charge in [-0.3, -0.25) is 9.59 Å². The van der Waals surface area contributed by atoms with Crippen molar-refractivity contribution in [3.8, 4) is 11.5 Å². The van der Waals surface area contributed by atoms with E-state index in [9.17, 15) is 9.59 Å². The number of carbonyl (C=O) groups is 2. The lowest BCUT2D eigenvalue weighted by Crippen LogP contribution is -2.18. The number of nitrogens with one attached hydrogen (secondary N) is 2. The van der Waals surface area contributed by atoms with Crippen LogP contribution in [0.3, 0.4) is 0 Å². The predicted molar refractivity (Wildman–Crippen MR) is 124 cm³/mol. The molecule has 0 atom stereocenters. The van der Waals surface area contributed by atoms with Crippen molar-refractivity contribution in [2.45, 2.75) is 13.8 Å². The van der Waals surface area contributed by atoms with Gasteiger partial charge in [-0.25, -0.2) is 10.9 Å². The Kier molecular flexibility index (Phi) is 8.35. The highest BCUT2D eigenvalue weighted by Gasteiger charge is 2.15. The van der Waals surface area contributed by atoms with Crippen LogP contribution in [0.2, 0.25) is 0 Å². The van der Waals surface area contributed by atoms with Gasteiger partial charge in [0.1, 0.15) is 11.5 Å². The molecule has 3 rings (SSSR count). The van der Waals surface area contributed by atoms with E-state index in [2.05, 4.69) is 21.1 Å². The van der Waals surface area contributed by atoms with E-state index in [4.69, 9.17) is 13.9 Å². The molecular weight excluding hydrogens is 424 g/mol. The summed E-state index contributed by atoms with van der Waals surface area (Å²) in [5, 5.41) is 7.84. The number of amides is 2. The molecule has 33 heavy (non-hydrogen) atoms. The van der Waals surface area contributed by atoms with Crippen LogP contribution in [0.25, 0.3) is 0 Å². The van der Waals surface area contributed by atoms with E-state index < -0.39 is 11.8 Å². The maximum atomic E-state index is 12.3. The van der Waals surface area contributed by atoms with Crippen molar-refractivity contribution in [2.75, 3.05) is 13.2 Å². The van der Waals surface area contributed by atoms with E-state index in [0.717, 1.165) is 0 Å². The Balaban J connectivity index is 1.57. The van der Waals surface area contributed by atoms with Gasteiger partial charge in [0.05, 0.1) is 25.6 Å². The van der Waals surface area contributed by atoms with Crippen LogP contribution in [0.1, 0.15) is 46.1 Å². The Bertz CT molecular complexity index is 1070. The highest BCUT2D eigenvalue weighted by molar-refractivity contribution is 5.96. The number of ether oxygens (including phenoxy) is 2. The van der Waals surface area contributed by atoms with Gasteiger partial charge in [0, 0.05) is 11.1 Å². The van der Waals surface area contributed by atoms with Gasteiger partial charge < -0.3 is 13.9 Å². The summed E-state index contributed by atoms with van der Waals surface area (Å²) in [6.07, 6.45) is 2.93. The fraction of sp³-hybridized carbons (Fsp3) is 0.167. The molecule has 0 spiro atoms. The maximum absolute atomic E-state index is 12.3. The zero-order valence-electron chi connectivity index (χ0n) is 18.3. The Morgan fingerprint density at radius 2 is 1.18 bits per heavy atom. The lowest BCUT2D eigenvalue weighted by atomic mass is 10.2. The molecule has 0 saturated heterocycles. The SMILES string of the molecule is CCOc1ccccc1/C=N/NC(=O)c1ccc(C(=O)N/N=C/c2ccccc2OCC)o1. The van der Waals surface area contributed by atoms with Crippen LogP contribution in [0.4, 0.5) is 0 Å². The van der Waals surface area contributed by atoms with E-state index in [1.165, 1.54) is 24.6 Å². The second kappa shape index (κ2) is 11.8. The first kappa shape index (κ1) is 23.3. The second-order valence-electron chi connectivity index (χ2n) is 6.50. The molecule has 0 aliphatic carbocycles. The molecule has 0 unspecified atom stereocenters. The highest BCUT2D eigenvalue weighted by Crippen LogP contribution is 2.16. The van der Waals surface area contributed by atoms with Gasteiger partial charge in [-0.2, -0.15) is 10.2 Å². The molecule has 2 aromatic carbocycles. The first-order chi connectivity index (χ1) is 16.1. The van der Waals surface area contributed by atoms with Gasteiger partial charge in [-0.15, -0.1) is 0 Å². The highest BCUT2D eigenvalue weighted by atomic mass is 16.5. The van der Waals surface area contributed by atoms with Crippen LogP contribution in [0.15, 0.2) is 75.3 Å². The molecule has 3 aromatic rings. The average molecular weight is 448 g/mol. The molecule has 9 heteroatoms. The fourth-order valence-corrected chi connectivity index (χ4v) is 2.76. The molecule has 0 aliphatic heterocycles. The molecule has 0 fully saturated rings. The zero-order valence-corrected chi connectivity index (χ0v) is 18.3. The summed E-state index contributed by atoms with van der Waals surface area (Å²) < 4.78 is 16.3.